The molecule has 1 aromatic rings. The minimum absolute atomic E-state index is 0.00347. The second-order valence-electron chi connectivity index (χ2n) is 7.55. The van der Waals surface area contributed by atoms with Gasteiger partial charge in [-0.15, -0.1) is 0 Å². The van der Waals surface area contributed by atoms with Crippen LogP contribution in [0.2, 0.25) is 18.6 Å². The Bertz CT molecular complexity index is 500. The third-order valence-corrected chi connectivity index (χ3v) is 9.30. The molecular formula is C21H34OSi. The summed E-state index contributed by atoms with van der Waals surface area (Å²) < 4.78 is 5.44. The molecule has 0 N–H and O–H groups in total. The van der Waals surface area contributed by atoms with E-state index in [1.54, 1.807) is 7.11 Å². The summed E-state index contributed by atoms with van der Waals surface area (Å²) in [6.07, 6.45) is 12.5. The van der Waals surface area contributed by atoms with Crippen LogP contribution in [0.4, 0.5) is 0 Å². The quantitative estimate of drug-likeness (QED) is 0.320. The Morgan fingerprint density at radius 2 is 1.78 bits per heavy atom. The molecular weight excluding hydrogens is 296 g/mol. The molecule has 0 bridgehead atoms. The van der Waals surface area contributed by atoms with Gasteiger partial charge in [-0.1, -0.05) is 79.8 Å². The molecule has 1 unspecified atom stereocenters. The third-order valence-electron chi connectivity index (χ3n) is 5.01. The number of ether oxygens (including phenoxy) is 1. The Kier molecular flexibility index (Phi) is 8.00. The molecule has 1 rings (SSSR count). The highest BCUT2D eigenvalue weighted by Crippen LogP contribution is 2.22. The molecule has 0 amide bonds. The highest BCUT2D eigenvalue weighted by atomic mass is 28.3. The zero-order valence-electron chi connectivity index (χ0n) is 15.8. The molecule has 128 valence electrons. The van der Waals surface area contributed by atoms with Crippen molar-refractivity contribution in [2.45, 2.75) is 64.3 Å². The van der Waals surface area contributed by atoms with Gasteiger partial charge in [-0.3, -0.25) is 0 Å². The van der Waals surface area contributed by atoms with Crippen molar-refractivity contribution in [3.05, 3.63) is 54.6 Å². The fourth-order valence-corrected chi connectivity index (χ4v) is 4.69. The predicted octanol–water partition coefficient (Wildman–Crippen LogP) is 5.70. The maximum absolute atomic E-state index is 5.44. The van der Waals surface area contributed by atoms with E-state index in [0.717, 1.165) is 12.8 Å². The van der Waals surface area contributed by atoms with Crippen molar-refractivity contribution >= 4 is 13.3 Å². The second kappa shape index (κ2) is 9.24. The molecule has 0 saturated carbocycles. The fourth-order valence-electron chi connectivity index (χ4n) is 2.52. The fraction of sp³-hybridized carbons (Fsp3) is 0.524. The monoisotopic (exact) mass is 330 g/mol. The van der Waals surface area contributed by atoms with Gasteiger partial charge in [-0.2, -0.15) is 0 Å². The van der Waals surface area contributed by atoms with E-state index in [9.17, 15) is 0 Å². The molecule has 0 aromatic heterocycles. The van der Waals surface area contributed by atoms with E-state index in [1.165, 1.54) is 11.6 Å². The van der Waals surface area contributed by atoms with E-state index < -0.39 is 8.07 Å². The highest BCUT2D eigenvalue weighted by molar-refractivity contribution is 6.91. The Balaban J connectivity index is 2.43. The summed E-state index contributed by atoms with van der Waals surface area (Å²) in [5.74, 6) is 0. The van der Waals surface area contributed by atoms with Gasteiger partial charge in [-0.25, -0.2) is 0 Å². The summed E-state index contributed by atoms with van der Waals surface area (Å²) in [6.45, 7) is 11.6. The molecule has 0 aliphatic heterocycles. The molecule has 0 saturated heterocycles. The maximum Gasteiger partial charge on any atom is 0.0871 e. The summed E-state index contributed by atoms with van der Waals surface area (Å²) in [5.41, 5.74) is 0.630. The van der Waals surface area contributed by atoms with Crippen molar-refractivity contribution in [1.29, 1.82) is 0 Å². The molecule has 1 aromatic carbocycles. The van der Waals surface area contributed by atoms with Crippen LogP contribution in [0, 0.1) is 0 Å². The Hall–Kier alpha value is -1.12. The van der Waals surface area contributed by atoms with E-state index in [4.69, 9.17) is 4.74 Å². The molecule has 2 heteroatoms. The Morgan fingerprint density at radius 3 is 2.39 bits per heavy atom. The minimum atomic E-state index is -1.43. The van der Waals surface area contributed by atoms with Gasteiger partial charge in [0.2, 0.25) is 0 Å². The van der Waals surface area contributed by atoms with Crippen molar-refractivity contribution in [2.75, 3.05) is 7.11 Å². The summed E-state index contributed by atoms with van der Waals surface area (Å²) in [6, 6.07) is 11.0. The summed E-state index contributed by atoms with van der Waals surface area (Å²) in [7, 11) is 0.365. The number of methoxy groups -OCH3 is 1. The van der Waals surface area contributed by atoms with Crippen LogP contribution in [0.15, 0.2) is 54.6 Å². The Labute approximate surface area is 144 Å². The number of hydrogen-bond acceptors (Lipinski definition) is 1. The van der Waals surface area contributed by atoms with Crippen LogP contribution >= 0.6 is 0 Å². The first-order chi connectivity index (χ1) is 10.8. The second-order valence-corrected chi connectivity index (χ2v) is 12.5. The SMILES string of the molecule is COC(C)(C)CCC/C=C/C=C\C(C)[Si](C)(C)c1ccccc1. The van der Waals surface area contributed by atoms with Crippen LogP contribution in [0.5, 0.6) is 0 Å². The zero-order valence-corrected chi connectivity index (χ0v) is 16.8. The van der Waals surface area contributed by atoms with Crippen LogP contribution in [0.1, 0.15) is 40.0 Å². The van der Waals surface area contributed by atoms with Gasteiger partial charge in [0.15, 0.2) is 0 Å². The smallest absolute Gasteiger partial charge is 0.0871 e. The lowest BCUT2D eigenvalue weighted by Gasteiger charge is -2.28. The van der Waals surface area contributed by atoms with Crippen molar-refractivity contribution in [3.8, 4) is 0 Å². The number of rotatable bonds is 9. The summed E-state index contributed by atoms with van der Waals surface area (Å²) in [4.78, 5) is 0. The van der Waals surface area contributed by atoms with E-state index in [0.29, 0.717) is 5.54 Å². The summed E-state index contributed by atoms with van der Waals surface area (Å²) in [5, 5.41) is 1.53. The number of allylic oxidation sites excluding steroid dienone is 4. The maximum atomic E-state index is 5.44. The standard InChI is InChI=1S/C21H34OSi/c1-19(23(5,6)20-16-12-10-13-17-20)15-11-8-7-9-14-18-21(2,3)22-4/h7-8,10-13,15-17,19H,9,14,18H2,1-6H3/b8-7+,15-11-. The van der Waals surface area contributed by atoms with E-state index in [1.807, 2.05) is 0 Å². The highest BCUT2D eigenvalue weighted by Gasteiger charge is 2.28. The molecule has 0 radical (unpaired) electrons. The lowest BCUT2D eigenvalue weighted by Crippen LogP contribution is -2.44. The largest absolute Gasteiger partial charge is 0.379 e. The van der Waals surface area contributed by atoms with Gasteiger partial charge in [0.05, 0.1) is 13.7 Å². The first-order valence-electron chi connectivity index (χ1n) is 8.73. The van der Waals surface area contributed by atoms with Crippen molar-refractivity contribution in [3.63, 3.8) is 0 Å². The average Bonchev–Trinajstić information content (AvgIpc) is 2.54. The van der Waals surface area contributed by atoms with Gasteiger partial charge in [0.1, 0.15) is 0 Å². The zero-order chi connectivity index (χ0) is 17.3. The predicted molar refractivity (Wildman–Crippen MR) is 106 cm³/mol. The average molecular weight is 331 g/mol. The van der Waals surface area contributed by atoms with E-state index in [2.05, 4.69) is 88.5 Å². The van der Waals surface area contributed by atoms with Crippen LogP contribution < -0.4 is 5.19 Å². The Morgan fingerprint density at radius 1 is 1.13 bits per heavy atom. The molecule has 1 atom stereocenters. The van der Waals surface area contributed by atoms with Gasteiger partial charge < -0.3 is 4.74 Å². The number of benzene rings is 1. The van der Waals surface area contributed by atoms with Gasteiger partial charge in [0.25, 0.3) is 0 Å². The van der Waals surface area contributed by atoms with Crippen LogP contribution in [0.3, 0.4) is 0 Å². The van der Waals surface area contributed by atoms with Crippen LogP contribution in [-0.4, -0.2) is 20.8 Å². The lowest BCUT2D eigenvalue weighted by molar-refractivity contribution is 0.0141. The van der Waals surface area contributed by atoms with Crippen LogP contribution in [-0.2, 0) is 4.74 Å². The molecule has 0 aliphatic carbocycles. The lowest BCUT2D eigenvalue weighted by atomic mass is 10.0. The first-order valence-corrected chi connectivity index (χ1v) is 11.8. The molecule has 0 heterocycles. The van der Waals surface area contributed by atoms with Gasteiger partial charge >= 0.3 is 0 Å². The summed E-state index contributed by atoms with van der Waals surface area (Å²) >= 11 is 0. The van der Waals surface area contributed by atoms with Crippen molar-refractivity contribution in [1.82, 2.24) is 0 Å². The minimum Gasteiger partial charge on any atom is -0.379 e. The molecule has 23 heavy (non-hydrogen) atoms. The normalized spacial score (nSPS) is 14.7. The molecule has 0 spiro atoms. The molecule has 0 aliphatic rings. The van der Waals surface area contributed by atoms with E-state index >= 15 is 0 Å². The van der Waals surface area contributed by atoms with Gasteiger partial charge in [0, 0.05) is 7.11 Å². The van der Waals surface area contributed by atoms with Crippen molar-refractivity contribution in [2.24, 2.45) is 0 Å². The number of hydrogen-bond donors (Lipinski definition) is 0. The van der Waals surface area contributed by atoms with Crippen LogP contribution in [0.25, 0.3) is 0 Å². The third kappa shape index (κ3) is 6.88. The van der Waals surface area contributed by atoms with Gasteiger partial charge in [-0.05, 0) is 38.7 Å². The first kappa shape index (κ1) is 19.9. The number of unbranched alkanes of at least 4 members (excludes halogenated alkanes) is 1. The molecule has 1 nitrogen and oxygen atoms in total. The van der Waals surface area contributed by atoms with E-state index in [-0.39, 0.29) is 5.60 Å². The topological polar surface area (TPSA) is 9.23 Å². The van der Waals surface area contributed by atoms with Crippen molar-refractivity contribution < 1.29 is 4.74 Å². The molecule has 0 fully saturated rings.